The number of rotatable bonds is 5. The third kappa shape index (κ3) is 3.43. The first-order valence-electron chi connectivity index (χ1n) is 10.8. The van der Waals surface area contributed by atoms with Crippen LogP contribution in [0.15, 0.2) is 48.7 Å². The van der Waals surface area contributed by atoms with Gasteiger partial charge in [0.05, 0.1) is 7.11 Å². The van der Waals surface area contributed by atoms with Gasteiger partial charge in [0.1, 0.15) is 17.0 Å². The molecule has 1 aliphatic heterocycles. The molecule has 2 N–H and O–H groups in total. The molecule has 0 saturated carbocycles. The van der Waals surface area contributed by atoms with Crippen molar-refractivity contribution in [2.75, 3.05) is 20.2 Å². The van der Waals surface area contributed by atoms with E-state index in [0.29, 0.717) is 0 Å². The molecule has 0 spiro atoms. The molecular weight excluding hydrogens is 388 g/mol. The first kappa shape index (κ1) is 19.9. The Labute approximate surface area is 181 Å². The van der Waals surface area contributed by atoms with Crippen molar-refractivity contribution in [2.45, 2.75) is 38.3 Å². The molecule has 7 nitrogen and oxygen atoms in total. The molecule has 1 fully saturated rings. The first-order chi connectivity index (χ1) is 15.0. The van der Waals surface area contributed by atoms with Crippen molar-refractivity contribution in [3.8, 4) is 17.3 Å². The molecule has 31 heavy (non-hydrogen) atoms. The molecule has 2 atom stereocenters. The molecule has 5 rings (SSSR count). The van der Waals surface area contributed by atoms with Crippen LogP contribution in [0.2, 0.25) is 0 Å². The van der Waals surface area contributed by atoms with E-state index in [1.54, 1.807) is 7.11 Å². The van der Waals surface area contributed by atoms with Gasteiger partial charge in [-0.15, -0.1) is 10.2 Å². The molecule has 1 aromatic carbocycles. The van der Waals surface area contributed by atoms with Gasteiger partial charge in [-0.3, -0.25) is 9.30 Å². The highest BCUT2D eigenvalue weighted by Crippen LogP contribution is 2.31. The Morgan fingerprint density at radius 3 is 2.81 bits per heavy atom. The maximum atomic E-state index is 6.52. The number of hydrogen-bond donors (Lipinski definition) is 1. The largest absolute Gasteiger partial charge is 0.494 e. The SMILES string of the molecule is CCC1(N)CCN([C@@H](C)c2ccc3nnc(-c4ccc5cccc(OC)c5n4)n3c2)C1. The summed E-state index contributed by atoms with van der Waals surface area (Å²) in [5.41, 5.74) is 10.0. The summed E-state index contributed by atoms with van der Waals surface area (Å²) in [7, 11) is 1.66. The lowest BCUT2D eigenvalue weighted by molar-refractivity contribution is 0.242. The Balaban J connectivity index is 1.53. The predicted molar refractivity (Wildman–Crippen MR) is 122 cm³/mol. The molecule has 1 unspecified atom stereocenters. The van der Waals surface area contributed by atoms with Gasteiger partial charge in [-0.1, -0.05) is 31.2 Å². The van der Waals surface area contributed by atoms with Gasteiger partial charge in [-0.2, -0.15) is 0 Å². The van der Waals surface area contributed by atoms with Crippen LogP contribution in [-0.4, -0.2) is 50.2 Å². The minimum absolute atomic E-state index is 0.0752. The zero-order chi connectivity index (χ0) is 21.6. The summed E-state index contributed by atoms with van der Waals surface area (Å²) in [5, 5.41) is 9.83. The number of pyridine rings is 2. The number of likely N-dealkylation sites (tertiary alicyclic amines) is 1. The second-order valence-electron chi connectivity index (χ2n) is 8.56. The van der Waals surface area contributed by atoms with Gasteiger partial charge >= 0.3 is 0 Å². The maximum absolute atomic E-state index is 6.52. The molecule has 0 bridgehead atoms. The minimum Gasteiger partial charge on any atom is -0.494 e. The molecule has 0 radical (unpaired) electrons. The number of nitrogens with two attached hydrogens (primary N) is 1. The van der Waals surface area contributed by atoms with Crippen molar-refractivity contribution in [1.29, 1.82) is 0 Å². The summed E-state index contributed by atoms with van der Waals surface area (Å²) in [6, 6.07) is 14.4. The predicted octanol–water partition coefficient (Wildman–Crippen LogP) is 3.83. The van der Waals surface area contributed by atoms with Gasteiger partial charge in [-0.05, 0) is 43.5 Å². The Hall–Kier alpha value is -3.03. The fraction of sp³-hybridized carbons (Fsp3) is 0.375. The average Bonchev–Trinajstić information content (AvgIpc) is 3.41. The Morgan fingerprint density at radius 2 is 2.03 bits per heavy atom. The summed E-state index contributed by atoms with van der Waals surface area (Å²) in [5.74, 6) is 1.47. The van der Waals surface area contributed by atoms with Gasteiger partial charge < -0.3 is 10.5 Å². The second-order valence-corrected chi connectivity index (χ2v) is 8.56. The Morgan fingerprint density at radius 1 is 1.16 bits per heavy atom. The van der Waals surface area contributed by atoms with Crippen LogP contribution < -0.4 is 10.5 Å². The quantitative estimate of drug-likeness (QED) is 0.533. The van der Waals surface area contributed by atoms with Crippen molar-refractivity contribution in [2.24, 2.45) is 5.73 Å². The number of nitrogens with zero attached hydrogens (tertiary/aromatic N) is 5. The van der Waals surface area contributed by atoms with E-state index in [1.165, 1.54) is 5.56 Å². The van der Waals surface area contributed by atoms with E-state index in [9.17, 15) is 0 Å². The van der Waals surface area contributed by atoms with E-state index in [4.69, 9.17) is 15.5 Å². The Bertz CT molecular complexity index is 1250. The van der Waals surface area contributed by atoms with E-state index < -0.39 is 0 Å². The third-order valence-electron chi connectivity index (χ3n) is 6.71. The molecular formula is C24H28N6O. The normalized spacial score (nSPS) is 20.5. The second kappa shape index (κ2) is 7.59. The number of methoxy groups -OCH3 is 1. The molecule has 1 aliphatic rings. The Kier molecular flexibility index (Phi) is 4.87. The van der Waals surface area contributed by atoms with Crippen LogP contribution in [0.1, 0.15) is 38.3 Å². The lowest BCUT2D eigenvalue weighted by Crippen LogP contribution is -2.42. The number of aromatic nitrogens is 4. The average molecular weight is 417 g/mol. The summed E-state index contributed by atoms with van der Waals surface area (Å²) in [4.78, 5) is 7.31. The molecule has 0 amide bonds. The van der Waals surface area contributed by atoms with Gasteiger partial charge in [0, 0.05) is 36.3 Å². The van der Waals surface area contributed by atoms with Crippen LogP contribution in [0.3, 0.4) is 0 Å². The summed E-state index contributed by atoms with van der Waals surface area (Å²) in [6.45, 7) is 6.36. The van der Waals surface area contributed by atoms with E-state index >= 15 is 0 Å². The van der Waals surface area contributed by atoms with E-state index in [0.717, 1.165) is 59.7 Å². The lowest BCUT2D eigenvalue weighted by Gasteiger charge is -2.27. The fourth-order valence-corrected chi connectivity index (χ4v) is 4.50. The molecule has 160 valence electrons. The van der Waals surface area contributed by atoms with Gasteiger partial charge in [0.15, 0.2) is 11.5 Å². The summed E-state index contributed by atoms with van der Waals surface area (Å²) >= 11 is 0. The molecule has 1 saturated heterocycles. The van der Waals surface area contributed by atoms with E-state index in [2.05, 4.69) is 41.2 Å². The van der Waals surface area contributed by atoms with Gasteiger partial charge in [0.25, 0.3) is 0 Å². The van der Waals surface area contributed by atoms with E-state index in [-0.39, 0.29) is 11.6 Å². The van der Waals surface area contributed by atoms with E-state index in [1.807, 2.05) is 40.8 Å². The summed E-state index contributed by atoms with van der Waals surface area (Å²) < 4.78 is 7.53. The standard InChI is InChI=1S/C24H28N6O/c1-4-24(25)12-13-29(15-24)16(2)18-9-11-21-27-28-23(30(21)14-18)19-10-8-17-6-5-7-20(31-3)22(17)26-19/h5-11,14,16H,4,12-13,15,25H2,1-3H3/t16-,24?/m0/s1. The minimum atomic E-state index is -0.0752. The van der Waals surface area contributed by atoms with Crippen LogP contribution in [0, 0.1) is 0 Å². The highest BCUT2D eigenvalue weighted by molar-refractivity contribution is 5.86. The molecule has 0 aliphatic carbocycles. The fourth-order valence-electron chi connectivity index (χ4n) is 4.50. The molecule has 7 heteroatoms. The topological polar surface area (TPSA) is 81.6 Å². The van der Waals surface area contributed by atoms with Crippen LogP contribution in [0.4, 0.5) is 0 Å². The maximum Gasteiger partial charge on any atom is 0.187 e. The van der Waals surface area contributed by atoms with Crippen molar-refractivity contribution >= 4 is 16.6 Å². The zero-order valence-electron chi connectivity index (χ0n) is 18.2. The van der Waals surface area contributed by atoms with Crippen molar-refractivity contribution in [3.05, 3.63) is 54.2 Å². The van der Waals surface area contributed by atoms with Crippen molar-refractivity contribution < 1.29 is 4.74 Å². The van der Waals surface area contributed by atoms with Crippen molar-refractivity contribution in [1.82, 2.24) is 24.5 Å². The van der Waals surface area contributed by atoms with Crippen LogP contribution in [0.5, 0.6) is 5.75 Å². The van der Waals surface area contributed by atoms with Crippen molar-refractivity contribution in [3.63, 3.8) is 0 Å². The number of hydrogen-bond acceptors (Lipinski definition) is 6. The number of benzene rings is 1. The van der Waals surface area contributed by atoms with Crippen LogP contribution >= 0.6 is 0 Å². The highest BCUT2D eigenvalue weighted by atomic mass is 16.5. The number of para-hydroxylation sites is 1. The smallest absolute Gasteiger partial charge is 0.187 e. The lowest BCUT2D eigenvalue weighted by atomic mass is 9.97. The molecule has 4 heterocycles. The number of fused-ring (bicyclic) bond motifs is 2. The zero-order valence-corrected chi connectivity index (χ0v) is 18.2. The monoisotopic (exact) mass is 416 g/mol. The number of ether oxygens (including phenoxy) is 1. The highest BCUT2D eigenvalue weighted by Gasteiger charge is 2.35. The molecule has 3 aromatic heterocycles. The first-order valence-corrected chi connectivity index (χ1v) is 10.8. The summed E-state index contributed by atoms with van der Waals surface area (Å²) in [6.07, 6.45) is 4.17. The van der Waals surface area contributed by atoms with Crippen LogP contribution in [-0.2, 0) is 0 Å². The third-order valence-corrected chi connectivity index (χ3v) is 6.71. The van der Waals surface area contributed by atoms with Gasteiger partial charge in [0.2, 0.25) is 0 Å². The molecule has 4 aromatic rings. The van der Waals surface area contributed by atoms with Crippen LogP contribution in [0.25, 0.3) is 28.1 Å². The van der Waals surface area contributed by atoms with Gasteiger partial charge in [-0.25, -0.2) is 4.98 Å².